The van der Waals surface area contributed by atoms with Crippen LogP contribution in [0, 0.1) is 0 Å². The van der Waals surface area contributed by atoms with Gasteiger partial charge in [-0.1, -0.05) is 0 Å². The average molecular weight is 132 g/mol. The second-order valence-corrected chi connectivity index (χ2v) is 1.42. The molecule has 5 heteroatoms. The fraction of sp³-hybridized carbons (Fsp3) is 0.500. The van der Waals surface area contributed by atoms with E-state index in [0.29, 0.717) is 5.06 Å². The van der Waals surface area contributed by atoms with E-state index in [1.54, 1.807) is 0 Å². The number of carbonyl (C=O) groups excluding carboxylic acids is 2. The topological polar surface area (TPSA) is 72.6 Å². The maximum Gasteiger partial charge on any atom is 0.347 e. The minimum atomic E-state index is -0.801. The Hall–Kier alpha value is -1.26. The van der Waals surface area contributed by atoms with Crippen LogP contribution in [0.5, 0.6) is 0 Å². The van der Waals surface area contributed by atoms with Crippen LogP contribution in [0.2, 0.25) is 0 Å². The summed E-state index contributed by atoms with van der Waals surface area (Å²) in [5, 5.41) is 0.655. The first-order valence-electron chi connectivity index (χ1n) is 2.25. The molecule has 9 heavy (non-hydrogen) atoms. The number of nitrogens with two attached hydrogens (primary N) is 1. The van der Waals surface area contributed by atoms with E-state index >= 15 is 0 Å². The highest BCUT2D eigenvalue weighted by atomic mass is 16.7. The Bertz CT molecular complexity index is 134. The molecule has 0 unspecified atom stereocenters. The lowest BCUT2D eigenvalue weighted by molar-refractivity contribution is -0.168. The number of hydrogen-bond acceptors (Lipinski definition) is 3. The van der Waals surface area contributed by atoms with Crippen molar-refractivity contribution in [1.29, 1.82) is 0 Å². The molecule has 0 aromatic rings. The Balaban J connectivity index is 3.63. The van der Waals surface area contributed by atoms with E-state index in [-0.39, 0.29) is 0 Å². The first kappa shape index (κ1) is 7.74. The fourth-order valence-electron chi connectivity index (χ4n) is 0.238. The second kappa shape index (κ2) is 2.91. The van der Waals surface area contributed by atoms with Crippen LogP contribution in [-0.4, -0.2) is 24.1 Å². The number of nitrogens with zero attached hydrogens (tertiary/aromatic N) is 1. The highest BCUT2D eigenvalue weighted by Gasteiger charge is 2.04. The molecule has 0 bridgehead atoms. The zero-order chi connectivity index (χ0) is 7.44. The van der Waals surface area contributed by atoms with Crippen LogP contribution in [0.3, 0.4) is 0 Å². The third-order valence-corrected chi connectivity index (χ3v) is 0.576. The number of hydrogen-bond donors (Lipinski definition) is 1. The molecular formula is C4H8N2O3. The smallest absolute Gasteiger partial charge is 0.347 e. The van der Waals surface area contributed by atoms with E-state index in [1.807, 2.05) is 0 Å². The molecule has 0 radical (unpaired) electrons. The Morgan fingerprint density at radius 3 is 2.11 bits per heavy atom. The maximum absolute atomic E-state index is 10.1. The predicted molar refractivity (Wildman–Crippen MR) is 29.1 cm³/mol. The lowest BCUT2D eigenvalue weighted by atomic mass is 10.8. The third kappa shape index (κ3) is 3.33. The van der Waals surface area contributed by atoms with Crippen LogP contribution in [-0.2, 0) is 9.63 Å². The van der Waals surface area contributed by atoms with Gasteiger partial charge in [0.05, 0.1) is 7.05 Å². The lowest BCUT2D eigenvalue weighted by Crippen LogP contribution is -2.33. The molecule has 0 aliphatic carbocycles. The zero-order valence-corrected chi connectivity index (χ0v) is 5.25. The zero-order valence-electron chi connectivity index (χ0n) is 5.25. The molecule has 0 spiro atoms. The largest absolute Gasteiger partial charge is 0.349 e. The molecular weight excluding hydrogens is 124 g/mol. The number of rotatable bonds is 0. The highest BCUT2D eigenvalue weighted by molar-refractivity contribution is 5.73. The fourth-order valence-corrected chi connectivity index (χ4v) is 0.238. The lowest BCUT2D eigenvalue weighted by Gasteiger charge is -2.10. The van der Waals surface area contributed by atoms with Gasteiger partial charge in [-0.25, -0.2) is 4.79 Å². The van der Waals surface area contributed by atoms with Crippen molar-refractivity contribution in [3.05, 3.63) is 0 Å². The van der Waals surface area contributed by atoms with Crippen LogP contribution in [0.4, 0.5) is 4.79 Å². The number of hydroxylamine groups is 2. The second-order valence-electron chi connectivity index (χ2n) is 1.42. The number of carbonyl (C=O) groups is 2. The van der Waals surface area contributed by atoms with Gasteiger partial charge < -0.3 is 10.6 Å². The van der Waals surface area contributed by atoms with Gasteiger partial charge in [0.1, 0.15) is 0 Å². The molecule has 2 amide bonds. The molecule has 0 aliphatic heterocycles. The van der Waals surface area contributed by atoms with E-state index < -0.39 is 12.0 Å². The number of amides is 2. The van der Waals surface area contributed by atoms with Gasteiger partial charge in [0, 0.05) is 6.92 Å². The Kier molecular flexibility index (Phi) is 2.50. The summed E-state index contributed by atoms with van der Waals surface area (Å²) < 4.78 is 0. The van der Waals surface area contributed by atoms with Crippen LogP contribution < -0.4 is 5.73 Å². The summed E-state index contributed by atoms with van der Waals surface area (Å²) in [6, 6.07) is -0.801. The van der Waals surface area contributed by atoms with E-state index in [0.717, 1.165) is 0 Å². The molecule has 0 aromatic carbocycles. The third-order valence-electron chi connectivity index (χ3n) is 0.576. The van der Waals surface area contributed by atoms with Gasteiger partial charge in [0.15, 0.2) is 0 Å². The molecule has 0 saturated heterocycles. The Labute approximate surface area is 52.3 Å². The van der Waals surface area contributed by atoms with Gasteiger partial charge in [-0.05, 0) is 0 Å². The summed E-state index contributed by atoms with van der Waals surface area (Å²) in [6.07, 6.45) is 0. The summed E-state index contributed by atoms with van der Waals surface area (Å²) in [5.74, 6) is -0.573. The molecule has 0 fully saturated rings. The van der Waals surface area contributed by atoms with E-state index in [2.05, 4.69) is 4.84 Å². The maximum atomic E-state index is 10.1. The summed E-state index contributed by atoms with van der Waals surface area (Å²) in [4.78, 5) is 24.4. The molecule has 0 heterocycles. The average Bonchev–Trinajstić information content (AvgIpc) is 1.63. The normalized spacial score (nSPS) is 8.22. The van der Waals surface area contributed by atoms with Crippen molar-refractivity contribution in [2.45, 2.75) is 6.92 Å². The summed E-state index contributed by atoms with van der Waals surface area (Å²) in [6.45, 7) is 1.18. The summed E-state index contributed by atoms with van der Waals surface area (Å²) >= 11 is 0. The molecule has 5 nitrogen and oxygen atoms in total. The quantitative estimate of drug-likeness (QED) is 0.450. The van der Waals surface area contributed by atoms with Crippen LogP contribution >= 0.6 is 0 Å². The van der Waals surface area contributed by atoms with Crippen molar-refractivity contribution in [2.75, 3.05) is 7.05 Å². The highest BCUT2D eigenvalue weighted by Crippen LogP contribution is 1.83. The van der Waals surface area contributed by atoms with E-state index in [1.165, 1.54) is 14.0 Å². The summed E-state index contributed by atoms with van der Waals surface area (Å²) in [5.41, 5.74) is 4.69. The van der Waals surface area contributed by atoms with Crippen molar-refractivity contribution >= 4 is 12.0 Å². The standard InChI is InChI=1S/C4H8N2O3/c1-3(7)9-6(2)4(5)8/h1-2H3,(H2,5,8). The molecule has 0 rings (SSSR count). The van der Waals surface area contributed by atoms with E-state index in [9.17, 15) is 9.59 Å². The van der Waals surface area contributed by atoms with Crippen LogP contribution in [0.1, 0.15) is 6.92 Å². The predicted octanol–water partition coefficient (Wildman–Crippen LogP) is -0.525. The molecule has 0 aromatic heterocycles. The monoisotopic (exact) mass is 132 g/mol. The minimum Gasteiger partial charge on any atom is -0.349 e. The number of primary amides is 1. The van der Waals surface area contributed by atoms with Crippen molar-refractivity contribution in [3.63, 3.8) is 0 Å². The van der Waals surface area contributed by atoms with Gasteiger partial charge in [0.25, 0.3) is 0 Å². The van der Waals surface area contributed by atoms with Gasteiger partial charge in [-0.15, -0.1) is 0 Å². The van der Waals surface area contributed by atoms with Crippen molar-refractivity contribution < 1.29 is 14.4 Å². The first-order valence-corrected chi connectivity index (χ1v) is 2.25. The molecule has 0 saturated carbocycles. The van der Waals surface area contributed by atoms with Crippen molar-refractivity contribution in [1.82, 2.24) is 5.06 Å². The molecule has 52 valence electrons. The van der Waals surface area contributed by atoms with Gasteiger partial charge >= 0.3 is 12.0 Å². The van der Waals surface area contributed by atoms with E-state index in [4.69, 9.17) is 5.73 Å². The van der Waals surface area contributed by atoms with Crippen molar-refractivity contribution in [3.8, 4) is 0 Å². The first-order chi connectivity index (χ1) is 4.04. The van der Waals surface area contributed by atoms with Crippen LogP contribution in [0.25, 0.3) is 0 Å². The Morgan fingerprint density at radius 1 is 1.56 bits per heavy atom. The van der Waals surface area contributed by atoms with Gasteiger partial charge in [-0.2, -0.15) is 5.06 Å². The van der Waals surface area contributed by atoms with Gasteiger partial charge in [-0.3, -0.25) is 4.79 Å². The SMILES string of the molecule is CC(=O)ON(C)C(N)=O. The molecule has 2 N–H and O–H groups in total. The van der Waals surface area contributed by atoms with Gasteiger partial charge in [0.2, 0.25) is 0 Å². The Morgan fingerprint density at radius 2 is 2.00 bits per heavy atom. The summed E-state index contributed by atoms with van der Waals surface area (Å²) in [7, 11) is 1.25. The molecule has 0 atom stereocenters. The van der Waals surface area contributed by atoms with Crippen molar-refractivity contribution in [2.24, 2.45) is 5.73 Å². The minimum absolute atomic E-state index is 0.573. The van der Waals surface area contributed by atoms with Crippen LogP contribution in [0.15, 0.2) is 0 Å². The molecule has 0 aliphatic rings. The number of urea groups is 1.